The number of hydrogen-bond acceptors (Lipinski definition) is 4. The van der Waals surface area contributed by atoms with Crippen molar-refractivity contribution in [3.8, 4) is 0 Å². The zero-order valence-electron chi connectivity index (χ0n) is 10.4. The Morgan fingerprint density at radius 3 is 2.71 bits per heavy atom. The van der Waals surface area contributed by atoms with Gasteiger partial charge < -0.3 is 11.1 Å². The van der Waals surface area contributed by atoms with Crippen LogP contribution in [0.4, 0.5) is 0 Å². The van der Waals surface area contributed by atoms with Crippen LogP contribution in [0.2, 0.25) is 0 Å². The Hall–Kier alpha value is -1.46. The second kappa shape index (κ2) is 6.98. The summed E-state index contributed by atoms with van der Waals surface area (Å²) in [5, 5.41) is 2.61. The Morgan fingerprint density at radius 1 is 1.53 bits per heavy atom. The van der Waals surface area contributed by atoms with Crippen LogP contribution in [0.5, 0.6) is 0 Å². The highest BCUT2D eigenvalue weighted by Gasteiger charge is 2.15. The summed E-state index contributed by atoms with van der Waals surface area (Å²) in [6.07, 6.45) is 3.99. The van der Waals surface area contributed by atoms with Crippen molar-refractivity contribution in [2.24, 2.45) is 5.73 Å². The Balaban J connectivity index is 2.59. The van der Waals surface area contributed by atoms with Crippen molar-refractivity contribution >= 4 is 5.91 Å². The van der Waals surface area contributed by atoms with Gasteiger partial charge in [-0.3, -0.25) is 14.7 Å². The van der Waals surface area contributed by atoms with Crippen molar-refractivity contribution in [1.29, 1.82) is 0 Å². The molecule has 1 aromatic heterocycles. The summed E-state index contributed by atoms with van der Waals surface area (Å²) in [7, 11) is 3.62. The fraction of sp³-hybridized carbons (Fsp3) is 0.500. The molecule has 1 aromatic rings. The van der Waals surface area contributed by atoms with Gasteiger partial charge >= 0.3 is 0 Å². The van der Waals surface area contributed by atoms with Crippen LogP contribution in [0.1, 0.15) is 18.0 Å². The molecule has 0 spiro atoms. The fourth-order valence-corrected chi connectivity index (χ4v) is 1.71. The van der Waals surface area contributed by atoms with E-state index in [4.69, 9.17) is 5.73 Å². The molecule has 0 saturated heterocycles. The Morgan fingerprint density at radius 2 is 2.18 bits per heavy atom. The molecular weight excluding hydrogens is 216 g/mol. The molecule has 1 unspecified atom stereocenters. The lowest BCUT2D eigenvalue weighted by Crippen LogP contribution is -2.33. The van der Waals surface area contributed by atoms with Crippen molar-refractivity contribution in [3.05, 3.63) is 30.1 Å². The number of hydrogen-bond donors (Lipinski definition) is 2. The number of carbonyl (C=O) groups is 1. The topological polar surface area (TPSA) is 71.2 Å². The van der Waals surface area contributed by atoms with Crippen LogP contribution in [-0.2, 0) is 4.79 Å². The molecule has 5 heteroatoms. The predicted octanol–water partition coefficient (Wildman–Crippen LogP) is 0.149. The van der Waals surface area contributed by atoms with Crippen LogP contribution in [0.3, 0.4) is 0 Å². The number of rotatable bonds is 6. The summed E-state index contributed by atoms with van der Waals surface area (Å²) < 4.78 is 0. The second-order valence-corrected chi connectivity index (χ2v) is 3.94. The molecule has 17 heavy (non-hydrogen) atoms. The zero-order valence-corrected chi connectivity index (χ0v) is 10.4. The minimum absolute atomic E-state index is 0.0438. The van der Waals surface area contributed by atoms with E-state index in [1.54, 1.807) is 19.4 Å². The lowest BCUT2D eigenvalue weighted by atomic mass is 10.1. The smallest absolute Gasteiger partial charge is 0.221 e. The van der Waals surface area contributed by atoms with Gasteiger partial charge in [0.25, 0.3) is 0 Å². The van der Waals surface area contributed by atoms with Crippen LogP contribution in [-0.4, -0.2) is 43.0 Å². The molecule has 0 aromatic carbocycles. The summed E-state index contributed by atoms with van der Waals surface area (Å²) in [5.74, 6) is 0.0438. The third kappa shape index (κ3) is 4.13. The maximum absolute atomic E-state index is 11.2. The van der Waals surface area contributed by atoms with Crippen molar-refractivity contribution in [1.82, 2.24) is 15.2 Å². The van der Waals surface area contributed by atoms with Gasteiger partial charge in [-0.25, -0.2) is 0 Å². The molecule has 1 heterocycles. The molecule has 3 N–H and O–H groups in total. The van der Waals surface area contributed by atoms with Gasteiger partial charge in [0, 0.05) is 45.0 Å². The quantitative estimate of drug-likeness (QED) is 0.737. The SMILES string of the molecule is CNC(=O)CCN(C)C(CN)c1ccncc1. The highest BCUT2D eigenvalue weighted by molar-refractivity contribution is 5.75. The van der Waals surface area contributed by atoms with E-state index in [-0.39, 0.29) is 11.9 Å². The van der Waals surface area contributed by atoms with Crippen LogP contribution < -0.4 is 11.1 Å². The summed E-state index contributed by atoms with van der Waals surface area (Å²) in [6.45, 7) is 1.21. The molecule has 0 aliphatic rings. The maximum Gasteiger partial charge on any atom is 0.221 e. The van der Waals surface area contributed by atoms with E-state index >= 15 is 0 Å². The van der Waals surface area contributed by atoms with E-state index in [2.05, 4.69) is 15.2 Å². The number of pyridine rings is 1. The summed E-state index contributed by atoms with van der Waals surface area (Å²) in [5.41, 5.74) is 6.91. The van der Waals surface area contributed by atoms with E-state index < -0.39 is 0 Å². The molecule has 5 nitrogen and oxygen atoms in total. The number of likely N-dealkylation sites (N-methyl/N-ethyl adjacent to an activating group) is 1. The highest BCUT2D eigenvalue weighted by atomic mass is 16.1. The van der Waals surface area contributed by atoms with Gasteiger partial charge in [0.1, 0.15) is 0 Å². The third-order valence-corrected chi connectivity index (χ3v) is 2.82. The number of aromatic nitrogens is 1. The molecule has 0 saturated carbocycles. The minimum Gasteiger partial charge on any atom is -0.359 e. The average molecular weight is 236 g/mol. The van der Waals surface area contributed by atoms with E-state index in [9.17, 15) is 4.79 Å². The van der Waals surface area contributed by atoms with Crippen LogP contribution in [0.25, 0.3) is 0 Å². The molecule has 0 bridgehead atoms. The lowest BCUT2D eigenvalue weighted by Gasteiger charge is -2.26. The van der Waals surface area contributed by atoms with Crippen molar-refractivity contribution in [3.63, 3.8) is 0 Å². The summed E-state index contributed by atoms with van der Waals surface area (Å²) in [4.78, 5) is 17.3. The molecule has 0 aliphatic heterocycles. The minimum atomic E-state index is 0.0438. The molecular formula is C12H20N4O. The first kappa shape index (κ1) is 13.6. The van der Waals surface area contributed by atoms with Crippen LogP contribution in [0, 0.1) is 0 Å². The van der Waals surface area contributed by atoms with Gasteiger partial charge in [-0.15, -0.1) is 0 Å². The molecule has 0 radical (unpaired) electrons. The normalized spacial score (nSPS) is 12.5. The first-order valence-electron chi connectivity index (χ1n) is 5.69. The molecule has 0 aliphatic carbocycles. The number of carbonyl (C=O) groups excluding carboxylic acids is 1. The predicted molar refractivity (Wildman–Crippen MR) is 67.3 cm³/mol. The number of nitrogens with two attached hydrogens (primary N) is 1. The first-order valence-corrected chi connectivity index (χ1v) is 5.69. The Labute approximate surface area is 102 Å². The average Bonchev–Trinajstić information content (AvgIpc) is 2.38. The van der Waals surface area contributed by atoms with Crippen LogP contribution in [0.15, 0.2) is 24.5 Å². The van der Waals surface area contributed by atoms with Gasteiger partial charge in [0.2, 0.25) is 5.91 Å². The van der Waals surface area contributed by atoms with E-state index in [1.165, 1.54) is 0 Å². The maximum atomic E-state index is 11.2. The van der Waals surface area contributed by atoms with Gasteiger partial charge in [0.05, 0.1) is 0 Å². The number of amides is 1. The van der Waals surface area contributed by atoms with Gasteiger partial charge in [0.15, 0.2) is 0 Å². The van der Waals surface area contributed by atoms with Crippen LogP contribution >= 0.6 is 0 Å². The van der Waals surface area contributed by atoms with Gasteiger partial charge in [-0.1, -0.05) is 0 Å². The van der Waals surface area contributed by atoms with Crippen molar-refractivity contribution in [2.75, 3.05) is 27.2 Å². The molecule has 1 atom stereocenters. The van der Waals surface area contributed by atoms with E-state index in [1.807, 2.05) is 19.2 Å². The highest BCUT2D eigenvalue weighted by Crippen LogP contribution is 2.17. The fourth-order valence-electron chi connectivity index (χ4n) is 1.71. The molecule has 0 fully saturated rings. The zero-order chi connectivity index (χ0) is 12.7. The molecule has 1 rings (SSSR count). The number of nitrogens with zero attached hydrogens (tertiary/aromatic N) is 2. The number of nitrogens with one attached hydrogen (secondary N) is 1. The summed E-state index contributed by atoms with van der Waals surface area (Å²) >= 11 is 0. The Bertz CT molecular complexity index is 342. The van der Waals surface area contributed by atoms with Crippen molar-refractivity contribution < 1.29 is 4.79 Å². The van der Waals surface area contributed by atoms with Gasteiger partial charge in [-0.05, 0) is 24.7 Å². The second-order valence-electron chi connectivity index (χ2n) is 3.94. The van der Waals surface area contributed by atoms with Gasteiger partial charge in [-0.2, -0.15) is 0 Å². The summed E-state index contributed by atoms with van der Waals surface area (Å²) in [6, 6.07) is 4.03. The van der Waals surface area contributed by atoms with E-state index in [0.717, 1.165) is 5.56 Å². The lowest BCUT2D eigenvalue weighted by molar-refractivity contribution is -0.120. The third-order valence-electron chi connectivity index (χ3n) is 2.82. The van der Waals surface area contributed by atoms with E-state index in [0.29, 0.717) is 19.5 Å². The standard InChI is InChI=1S/C12H20N4O/c1-14-12(17)5-8-16(2)11(9-13)10-3-6-15-7-4-10/h3-4,6-7,11H,5,8-9,13H2,1-2H3,(H,14,17). The Kier molecular flexibility index (Phi) is 5.59. The van der Waals surface area contributed by atoms with Crippen molar-refractivity contribution in [2.45, 2.75) is 12.5 Å². The largest absolute Gasteiger partial charge is 0.359 e. The first-order chi connectivity index (χ1) is 8.19. The molecule has 1 amide bonds. The molecule has 94 valence electrons. The monoisotopic (exact) mass is 236 g/mol.